The predicted octanol–water partition coefficient (Wildman–Crippen LogP) is 1.03. The number of aliphatic carboxylic acids is 1. The number of carboxylic acids is 1. The molecule has 0 aliphatic carbocycles. The Hall–Kier alpha value is -1.10. The third-order valence-electron chi connectivity index (χ3n) is 2.47. The van der Waals surface area contributed by atoms with Gasteiger partial charge in [-0.15, -0.1) is 0 Å². The van der Waals surface area contributed by atoms with Gasteiger partial charge in [0.15, 0.2) is 0 Å². The Kier molecular flexibility index (Phi) is 7.54. The van der Waals surface area contributed by atoms with Crippen LogP contribution < -0.4 is 5.32 Å². The second kappa shape index (κ2) is 8.10. The van der Waals surface area contributed by atoms with Crippen molar-refractivity contribution in [3.63, 3.8) is 0 Å². The Labute approximate surface area is 96.2 Å². The highest BCUT2D eigenvalue weighted by Crippen LogP contribution is 2.08. The molecule has 0 radical (unpaired) electrons. The lowest BCUT2D eigenvalue weighted by molar-refractivity contribution is -0.143. The van der Waals surface area contributed by atoms with Gasteiger partial charge in [-0.2, -0.15) is 0 Å². The van der Waals surface area contributed by atoms with Crippen molar-refractivity contribution in [1.29, 1.82) is 0 Å². The molecule has 5 nitrogen and oxygen atoms in total. The lowest BCUT2D eigenvalue weighted by atomic mass is 9.99. The van der Waals surface area contributed by atoms with E-state index in [1.807, 2.05) is 20.8 Å². The van der Waals surface area contributed by atoms with Gasteiger partial charge in [-0.25, -0.2) is 4.79 Å². The molecule has 0 bridgehead atoms. The quantitative estimate of drug-likeness (QED) is 0.612. The summed E-state index contributed by atoms with van der Waals surface area (Å²) < 4.78 is 5.02. The van der Waals surface area contributed by atoms with Crippen LogP contribution in [0.25, 0.3) is 0 Å². The van der Waals surface area contributed by atoms with Gasteiger partial charge in [0.25, 0.3) is 0 Å². The Morgan fingerprint density at radius 3 is 2.44 bits per heavy atom. The summed E-state index contributed by atoms with van der Waals surface area (Å²) in [5.41, 5.74) is 0. The number of carbonyl (C=O) groups excluding carboxylic acids is 1. The second-order valence-corrected chi connectivity index (χ2v) is 3.72. The van der Waals surface area contributed by atoms with E-state index in [4.69, 9.17) is 9.84 Å². The number of hydrogen-bond donors (Lipinski definition) is 2. The van der Waals surface area contributed by atoms with Crippen LogP contribution in [0.1, 0.15) is 33.6 Å². The molecule has 0 aliphatic heterocycles. The maximum Gasteiger partial charge on any atom is 0.326 e. The summed E-state index contributed by atoms with van der Waals surface area (Å²) in [6.07, 6.45) is 0.913. The third kappa shape index (κ3) is 5.70. The number of amides is 1. The average Bonchev–Trinajstić information content (AvgIpc) is 2.25. The van der Waals surface area contributed by atoms with Crippen molar-refractivity contribution in [3.8, 4) is 0 Å². The highest BCUT2D eigenvalue weighted by molar-refractivity contribution is 5.83. The molecule has 0 aliphatic rings. The Morgan fingerprint density at radius 2 is 2.00 bits per heavy atom. The predicted molar refractivity (Wildman–Crippen MR) is 60.1 cm³/mol. The molecule has 0 fully saturated rings. The SMILES string of the molecule is CCOCCC(=O)N[C@H](C(=O)O)C(C)CC. The molecule has 1 unspecified atom stereocenters. The molecule has 5 heteroatoms. The zero-order valence-corrected chi connectivity index (χ0v) is 10.2. The summed E-state index contributed by atoms with van der Waals surface area (Å²) in [4.78, 5) is 22.3. The fourth-order valence-electron chi connectivity index (χ4n) is 1.24. The first-order chi connectivity index (χ1) is 7.52. The number of hydrogen-bond acceptors (Lipinski definition) is 3. The molecular formula is C11H21NO4. The van der Waals surface area contributed by atoms with Crippen LogP contribution in [0.4, 0.5) is 0 Å². The van der Waals surface area contributed by atoms with Gasteiger partial charge in [-0.1, -0.05) is 20.3 Å². The van der Waals surface area contributed by atoms with E-state index in [1.165, 1.54) is 0 Å². The van der Waals surface area contributed by atoms with Crippen molar-refractivity contribution in [2.24, 2.45) is 5.92 Å². The maximum atomic E-state index is 11.4. The summed E-state index contributed by atoms with van der Waals surface area (Å²) in [5, 5.41) is 11.5. The molecular weight excluding hydrogens is 210 g/mol. The van der Waals surface area contributed by atoms with Crippen LogP contribution in [0.15, 0.2) is 0 Å². The fourth-order valence-corrected chi connectivity index (χ4v) is 1.24. The first-order valence-electron chi connectivity index (χ1n) is 5.62. The summed E-state index contributed by atoms with van der Waals surface area (Å²) in [6, 6.07) is -0.806. The van der Waals surface area contributed by atoms with Crippen molar-refractivity contribution < 1.29 is 19.4 Å². The number of nitrogens with one attached hydrogen (secondary N) is 1. The normalized spacial score (nSPS) is 14.2. The van der Waals surface area contributed by atoms with Crippen LogP contribution in [0.3, 0.4) is 0 Å². The first kappa shape index (κ1) is 14.9. The maximum absolute atomic E-state index is 11.4. The van der Waals surface area contributed by atoms with Crippen LogP contribution in [-0.2, 0) is 14.3 Å². The minimum absolute atomic E-state index is 0.0754. The molecule has 0 aromatic rings. The Morgan fingerprint density at radius 1 is 1.38 bits per heavy atom. The standard InChI is InChI=1S/C11H21NO4/c1-4-8(3)10(11(14)15)12-9(13)6-7-16-5-2/h8,10H,4-7H2,1-3H3,(H,12,13)(H,14,15)/t8?,10-/m0/s1. The lowest BCUT2D eigenvalue weighted by Gasteiger charge is -2.20. The molecule has 16 heavy (non-hydrogen) atoms. The zero-order valence-electron chi connectivity index (χ0n) is 10.2. The zero-order chi connectivity index (χ0) is 12.6. The van der Waals surface area contributed by atoms with Crippen molar-refractivity contribution in [1.82, 2.24) is 5.32 Å². The van der Waals surface area contributed by atoms with Crippen LogP contribution in [0, 0.1) is 5.92 Å². The van der Waals surface area contributed by atoms with E-state index in [0.717, 1.165) is 0 Å². The smallest absolute Gasteiger partial charge is 0.326 e. The highest BCUT2D eigenvalue weighted by Gasteiger charge is 2.24. The van der Waals surface area contributed by atoms with Gasteiger partial charge in [-0.05, 0) is 12.8 Å². The van der Waals surface area contributed by atoms with E-state index in [2.05, 4.69) is 5.32 Å². The van der Waals surface area contributed by atoms with Crippen molar-refractivity contribution in [2.75, 3.05) is 13.2 Å². The van der Waals surface area contributed by atoms with Gasteiger partial charge in [0.05, 0.1) is 6.61 Å². The molecule has 0 aromatic carbocycles. The first-order valence-corrected chi connectivity index (χ1v) is 5.62. The Balaban J connectivity index is 4.09. The summed E-state index contributed by atoms with van der Waals surface area (Å²) in [5.74, 6) is -1.34. The molecule has 0 heterocycles. The lowest BCUT2D eigenvalue weighted by Crippen LogP contribution is -2.45. The largest absolute Gasteiger partial charge is 0.480 e. The number of carbonyl (C=O) groups is 2. The van der Waals surface area contributed by atoms with Crippen molar-refractivity contribution in [2.45, 2.75) is 39.7 Å². The summed E-state index contributed by atoms with van der Waals surface area (Å²) in [7, 11) is 0. The van der Waals surface area contributed by atoms with Gasteiger partial charge in [0, 0.05) is 13.0 Å². The molecule has 0 spiro atoms. The molecule has 94 valence electrons. The van der Waals surface area contributed by atoms with Gasteiger partial charge in [-0.3, -0.25) is 4.79 Å². The summed E-state index contributed by atoms with van der Waals surface area (Å²) >= 11 is 0. The van der Waals surface area contributed by atoms with Crippen LogP contribution in [0.2, 0.25) is 0 Å². The number of ether oxygens (including phenoxy) is 1. The van der Waals surface area contributed by atoms with E-state index in [0.29, 0.717) is 19.6 Å². The van der Waals surface area contributed by atoms with Crippen molar-refractivity contribution >= 4 is 11.9 Å². The molecule has 0 aromatic heterocycles. The number of carboxylic acid groups (broad SMARTS) is 1. The van der Waals surface area contributed by atoms with Crippen LogP contribution in [0.5, 0.6) is 0 Å². The van der Waals surface area contributed by atoms with E-state index in [9.17, 15) is 9.59 Å². The van der Waals surface area contributed by atoms with Crippen LogP contribution >= 0.6 is 0 Å². The van der Waals surface area contributed by atoms with Gasteiger partial charge in [0.2, 0.25) is 5.91 Å². The highest BCUT2D eigenvalue weighted by atomic mass is 16.5. The topological polar surface area (TPSA) is 75.6 Å². The number of rotatable bonds is 8. The van der Waals surface area contributed by atoms with Gasteiger partial charge >= 0.3 is 5.97 Å². The van der Waals surface area contributed by atoms with E-state index < -0.39 is 12.0 Å². The van der Waals surface area contributed by atoms with Crippen molar-refractivity contribution in [3.05, 3.63) is 0 Å². The third-order valence-corrected chi connectivity index (χ3v) is 2.47. The van der Waals surface area contributed by atoms with Gasteiger partial charge < -0.3 is 15.2 Å². The monoisotopic (exact) mass is 231 g/mol. The van der Waals surface area contributed by atoms with E-state index in [1.54, 1.807) is 0 Å². The van der Waals surface area contributed by atoms with Crippen LogP contribution in [-0.4, -0.2) is 36.2 Å². The van der Waals surface area contributed by atoms with E-state index >= 15 is 0 Å². The van der Waals surface area contributed by atoms with Gasteiger partial charge in [0.1, 0.15) is 6.04 Å². The molecule has 2 atom stereocenters. The fraction of sp³-hybridized carbons (Fsp3) is 0.818. The Bertz CT molecular complexity index is 230. The minimum Gasteiger partial charge on any atom is -0.480 e. The summed E-state index contributed by atoms with van der Waals surface area (Å²) in [6.45, 7) is 6.43. The molecule has 0 saturated heterocycles. The minimum atomic E-state index is -0.987. The second-order valence-electron chi connectivity index (χ2n) is 3.72. The molecule has 1 amide bonds. The average molecular weight is 231 g/mol. The molecule has 0 saturated carbocycles. The molecule has 2 N–H and O–H groups in total. The molecule has 0 rings (SSSR count). The van der Waals surface area contributed by atoms with E-state index in [-0.39, 0.29) is 18.2 Å².